The molecule has 2 aromatic rings. The highest BCUT2D eigenvalue weighted by atomic mass is 35.5. The van der Waals surface area contributed by atoms with Crippen molar-refractivity contribution in [1.82, 2.24) is 10.2 Å². The maximum atomic E-state index is 12.7. The molecular weight excluding hydrogens is 376 g/mol. The van der Waals surface area contributed by atoms with E-state index < -0.39 is 0 Å². The minimum absolute atomic E-state index is 0.0647. The van der Waals surface area contributed by atoms with Crippen LogP contribution in [0.25, 0.3) is 0 Å². The van der Waals surface area contributed by atoms with Gasteiger partial charge in [0.05, 0.1) is 24.8 Å². The number of aryl methyl sites for hydroxylation is 1. The molecule has 0 saturated heterocycles. The molecule has 0 heterocycles. The summed E-state index contributed by atoms with van der Waals surface area (Å²) in [5.74, 6) is 0.685. The molecule has 5 nitrogen and oxygen atoms in total. The molecule has 0 fully saturated rings. The van der Waals surface area contributed by atoms with Gasteiger partial charge < -0.3 is 19.7 Å². The third kappa shape index (κ3) is 5.40. The number of carbonyl (C=O) groups is 1. The SMILES string of the molecule is CCOc1c(Cl)cc(C(=O)NCC(c2ccc(CC)cc2)N(C)C)cc1OC. The van der Waals surface area contributed by atoms with Crippen molar-refractivity contribution in [3.63, 3.8) is 0 Å². The van der Waals surface area contributed by atoms with E-state index in [0.29, 0.717) is 35.2 Å². The maximum absolute atomic E-state index is 12.7. The zero-order chi connectivity index (χ0) is 20.7. The largest absolute Gasteiger partial charge is 0.493 e. The number of nitrogens with one attached hydrogen (secondary N) is 1. The minimum Gasteiger partial charge on any atom is -0.493 e. The molecule has 0 spiro atoms. The summed E-state index contributed by atoms with van der Waals surface area (Å²) in [6, 6.07) is 11.8. The first-order chi connectivity index (χ1) is 13.4. The van der Waals surface area contributed by atoms with Gasteiger partial charge in [0.15, 0.2) is 11.5 Å². The van der Waals surface area contributed by atoms with E-state index >= 15 is 0 Å². The highest BCUT2D eigenvalue weighted by Gasteiger charge is 2.19. The van der Waals surface area contributed by atoms with Gasteiger partial charge in [-0.25, -0.2) is 0 Å². The van der Waals surface area contributed by atoms with E-state index in [4.69, 9.17) is 21.1 Å². The molecule has 28 heavy (non-hydrogen) atoms. The average molecular weight is 405 g/mol. The smallest absolute Gasteiger partial charge is 0.251 e. The number of likely N-dealkylation sites (N-methyl/N-ethyl adjacent to an activating group) is 1. The number of methoxy groups -OCH3 is 1. The van der Waals surface area contributed by atoms with Crippen LogP contribution < -0.4 is 14.8 Å². The quantitative estimate of drug-likeness (QED) is 0.675. The number of hydrogen-bond acceptors (Lipinski definition) is 4. The van der Waals surface area contributed by atoms with E-state index in [9.17, 15) is 4.79 Å². The van der Waals surface area contributed by atoms with Crippen LogP contribution >= 0.6 is 11.6 Å². The lowest BCUT2D eigenvalue weighted by atomic mass is 10.0. The Kier molecular flexibility index (Phi) is 8.15. The zero-order valence-electron chi connectivity index (χ0n) is 17.2. The van der Waals surface area contributed by atoms with Gasteiger partial charge in [-0.15, -0.1) is 0 Å². The molecular formula is C22H29ClN2O3. The van der Waals surface area contributed by atoms with Crippen molar-refractivity contribution in [3.8, 4) is 11.5 Å². The number of halogens is 1. The molecule has 0 aliphatic rings. The molecule has 2 rings (SSSR count). The first kappa shape index (κ1) is 22.1. The maximum Gasteiger partial charge on any atom is 0.251 e. The van der Waals surface area contributed by atoms with Crippen LogP contribution in [0.2, 0.25) is 5.02 Å². The summed E-state index contributed by atoms with van der Waals surface area (Å²) < 4.78 is 10.8. The van der Waals surface area contributed by atoms with Crippen LogP contribution in [-0.4, -0.2) is 45.2 Å². The van der Waals surface area contributed by atoms with Crippen molar-refractivity contribution < 1.29 is 14.3 Å². The fourth-order valence-corrected chi connectivity index (χ4v) is 3.27. The van der Waals surface area contributed by atoms with Crippen molar-refractivity contribution >= 4 is 17.5 Å². The van der Waals surface area contributed by atoms with Crippen LogP contribution in [0, 0.1) is 0 Å². The Balaban J connectivity index is 2.15. The van der Waals surface area contributed by atoms with Crippen LogP contribution in [0.4, 0.5) is 0 Å². The molecule has 0 radical (unpaired) electrons. The monoisotopic (exact) mass is 404 g/mol. The summed E-state index contributed by atoms with van der Waals surface area (Å²) in [5, 5.41) is 3.35. The molecule has 0 aromatic heterocycles. The second-order valence-electron chi connectivity index (χ2n) is 6.71. The predicted octanol–water partition coefficient (Wildman–Crippen LogP) is 4.34. The van der Waals surface area contributed by atoms with Gasteiger partial charge >= 0.3 is 0 Å². The highest BCUT2D eigenvalue weighted by molar-refractivity contribution is 6.32. The number of carbonyl (C=O) groups excluding carboxylic acids is 1. The summed E-state index contributed by atoms with van der Waals surface area (Å²) in [6.45, 7) is 4.94. The molecule has 1 atom stereocenters. The number of nitrogens with zero attached hydrogens (tertiary/aromatic N) is 1. The van der Waals surface area contributed by atoms with Gasteiger partial charge in [0.2, 0.25) is 0 Å². The Morgan fingerprint density at radius 3 is 2.39 bits per heavy atom. The summed E-state index contributed by atoms with van der Waals surface area (Å²) in [5.41, 5.74) is 2.88. The standard InChI is InChI=1S/C22H29ClN2O3/c1-6-15-8-10-16(11-9-15)19(25(3)4)14-24-22(26)17-12-18(23)21(28-7-2)20(13-17)27-5/h8-13,19H,6-7,14H2,1-5H3,(H,24,26). The van der Waals surface area contributed by atoms with E-state index in [0.717, 1.165) is 12.0 Å². The van der Waals surface area contributed by atoms with Gasteiger partial charge in [-0.2, -0.15) is 0 Å². The molecule has 0 aliphatic carbocycles. The van der Waals surface area contributed by atoms with E-state index in [2.05, 4.69) is 41.4 Å². The lowest BCUT2D eigenvalue weighted by Gasteiger charge is -2.25. The topological polar surface area (TPSA) is 50.8 Å². The second kappa shape index (κ2) is 10.3. The number of hydrogen-bond donors (Lipinski definition) is 1. The van der Waals surface area contributed by atoms with Crippen molar-refractivity contribution in [3.05, 3.63) is 58.1 Å². The van der Waals surface area contributed by atoms with Gasteiger partial charge in [0.1, 0.15) is 0 Å². The van der Waals surface area contributed by atoms with Crippen LogP contribution in [0.1, 0.15) is 41.4 Å². The van der Waals surface area contributed by atoms with E-state index in [1.54, 1.807) is 12.1 Å². The van der Waals surface area contributed by atoms with Gasteiger partial charge in [-0.05, 0) is 50.7 Å². The van der Waals surface area contributed by atoms with Crippen LogP contribution in [0.3, 0.4) is 0 Å². The van der Waals surface area contributed by atoms with Crippen molar-refractivity contribution in [2.45, 2.75) is 26.3 Å². The zero-order valence-corrected chi connectivity index (χ0v) is 18.0. The van der Waals surface area contributed by atoms with Gasteiger partial charge in [0, 0.05) is 12.1 Å². The summed E-state index contributed by atoms with van der Waals surface area (Å²) in [7, 11) is 5.53. The van der Waals surface area contributed by atoms with E-state index in [1.807, 2.05) is 21.0 Å². The lowest BCUT2D eigenvalue weighted by Crippen LogP contribution is -2.34. The van der Waals surface area contributed by atoms with Gasteiger partial charge in [0.25, 0.3) is 5.91 Å². The molecule has 152 valence electrons. The summed E-state index contributed by atoms with van der Waals surface area (Å²) >= 11 is 6.28. The van der Waals surface area contributed by atoms with Gasteiger partial charge in [-0.1, -0.05) is 42.8 Å². The summed E-state index contributed by atoms with van der Waals surface area (Å²) in [6.07, 6.45) is 1.00. The summed E-state index contributed by atoms with van der Waals surface area (Å²) in [4.78, 5) is 14.8. The Bertz CT molecular complexity index is 791. The van der Waals surface area contributed by atoms with E-state index in [-0.39, 0.29) is 11.9 Å². The van der Waals surface area contributed by atoms with E-state index in [1.165, 1.54) is 12.7 Å². The molecule has 6 heteroatoms. The predicted molar refractivity (Wildman–Crippen MR) is 114 cm³/mol. The third-order valence-electron chi connectivity index (χ3n) is 4.63. The third-order valence-corrected chi connectivity index (χ3v) is 4.91. The molecule has 0 bridgehead atoms. The Labute approximate surface area is 172 Å². The Hall–Kier alpha value is -2.24. The molecule has 2 aromatic carbocycles. The molecule has 0 aliphatic heterocycles. The minimum atomic E-state index is -0.208. The first-order valence-corrected chi connectivity index (χ1v) is 9.82. The first-order valence-electron chi connectivity index (χ1n) is 9.45. The second-order valence-corrected chi connectivity index (χ2v) is 7.11. The van der Waals surface area contributed by atoms with Crippen molar-refractivity contribution in [2.24, 2.45) is 0 Å². The normalized spacial score (nSPS) is 12.0. The van der Waals surface area contributed by atoms with Crippen molar-refractivity contribution in [1.29, 1.82) is 0 Å². The fourth-order valence-electron chi connectivity index (χ4n) is 3.00. The number of benzene rings is 2. The van der Waals surface area contributed by atoms with Crippen molar-refractivity contribution in [2.75, 3.05) is 34.4 Å². The number of rotatable bonds is 9. The van der Waals surface area contributed by atoms with Crippen LogP contribution in [0.15, 0.2) is 36.4 Å². The number of amides is 1. The lowest BCUT2D eigenvalue weighted by molar-refractivity contribution is 0.0941. The molecule has 0 saturated carbocycles. The molecule has 1 unspecified atom stereocenters. The molecule has 1 N–H and O–H groups in total. The fraction of sp³-hybridized carbons (Fsp3) is 0.409. The highest BCUT2D eigenvalue weighted by Crippen LogP contribution is 2.36. The average Bonchev–Trinajstić information content (AvgIpc) is 2.69. The van der Waals surface area contributed by atoms with Crippen LogP contribution in [-0.2, 0) is 6.42 Å². The van der Waals surface area contributed by atoms with Crippen LogP contribution in [0.5, 0.6) is 11.5 Å². The van der Waals surface area contributed by atoms with Gasteiger partial charge in [-0.3, -0.25) is 4.79 Å². The Morgan fingerprint density at radius 1 is 1.18 bits per heavy atom. The molecule has 1 amide bonds. The Morgan fingerprint density at radius 2 is 1.86 bits per heavy atom. The number of ether oxygens (including phenoxy) is 2.